The van der Waals surface area contributed by atoms with Crippen molar-refractivity contribution in [1.82, 2.24) is 0 Å². The minimum Gasteiger partial charge on any atom is -0.0616 e. The summed E-state index contributed by atoms with van der Waals surface area (Å²) in [5, 5.41) is 10.0. The van der Waals surface area contributed by atoms with E-state index in [2.05, 4.69) is 143 Å². The van der Waals surface area contributed by atoms with Gasteiger partial charge in [-0.05, 0) is 99.5 Å². The molecular formula is C34H21Br. The van der Waals surface area contributed by atoms with Gasteiger partial charge in [-0.25, -0.2) is 0 Å². The van der Waals surface area contributed by atoms with Gasteiger partial charge in [-0.1, -0.05) is 109 Å². The smallest absolute Gasteiger partial charge is 0.0332 e. The Bertz CT molecular complexity index is 1780. The molecule has 0 unspecified atom stereocenters. The SMILES string of the molecule is Brc1c2cccc(-c3ccc4ccccc4c3)c2cc2c(-c3ccc4ccccc4c3)cccc12. The summed E-state index contributed by atoms with van der Waals surface area (Å²) in [6.07, 6.45) is 0. The van der Waals surface area contributed by atoms with Crippen molar-refractivity contribution in [3.8, 4) is 22.3 Å². The molecule has 0 aliphatic heterocycles. The Labute approximate surface area is 212 Å². The van der Waals surface area contributed by atoms with Crippen LogP contribution in [0.15, 0.2) is 132 Å². The van der Waals surface area contributed by atoms with Crippen molar-refractivity contribution in [3.05, 3.63) is 132 Å². The molecule has 0 radical (unpaired) electrons. The quantitative estimate of drug-likeness (QED) is 0.203. The summed E-state index contributed by atoms with van der Waals surface area (Å²) in [4.78, 5) is 0. The molecule has 0 aromatic heterocycles. The Kier molecular flexibility index (Phi) is 4.72. The van der Waals surface area contributed by atoms with E-state index < -0.39 is 0 Å². The summed E-state index contributed by atoms with van der Waals surface area (Å²) in [6, 6.07) is 46.3. The summed E-state index contributed by atoms with van der Waals surface area (Å²) in [5.74, 6) is 0. The standard InChI is InChI=1S/C34H21Br/c35-34-30-13-5-11-28(26-17-15-22-7-1-3-9-24(22)19-26)32(30)21-33-29(12-6-14-31(33)34)27-18-16-23-8-2-4-10-25(23)20-27/h1-21H. The molecule has 0 spiro atoms. The Morgan fingerprint density at radius 1 is 0.343 bits per heavy atom. The molecule has 0 saturated heterocycles. The third-order valence-corrected chi connectivity index (χ3v) is 7.95. The summed E-state index contributed by atoms with van der Waals surface area (Å²) in [6.45, 7) is 0. The third-order valence-electron chi connectivity index (χ3n) is 7.09. The zero-order valence-corrected chi connectivity index (χ0v) is 20.6. The minimum absolute atomic E-state index is 1.15. The van der Waals surface area contributed by atoms with E-state index in [9.17, 15) is 0 Å². The van der Waals surface area contributed by atoms with Gasteiger partial charge in [-0.3, -0.25) is 0 Å². The van der Waals surface area contributed by atoms with Gasteiger partial charge in [0.15, 0.2) is 0 Å². The molecule has 0 atom stereocenters. The fourth-order valence-electron chi connectivity index (χ4n) is 5.33. The maximum Gasteiger partial charge on any atom is 0.0332 e. The van der Waals surface area contributed by atoms with Crippen molar-refractivity contribution in [2.75, 3.05) is 0 Å². The average molecular weight is 509 g/mol. The third kappa shape index (κ3) is 3.35. The maximum absolute atomic E-state index is 3.98. The lowest BCUT2D eigenvalue weighted by atomic mass is 9.91. The van der Waals surface area contributed by atoms with E-state index in [0.29, 0.717) is 0 Å². The molecule has 0 bridgehead atoms. The van der Waals surface area contributed by atoms with Crippen LogP contribution in [0.5, 0.6) is 0 Å². The van der Waals surface area contributed by atoms with Crippen molar-refractivity contribution in [2.24, 2.45) is 0 Å². The zero-order chi connectivity index (χ0) is 23.4. The highest BCUT2D eigenvalue weighted by Gasteiger charge is 2.13. The first-order chi connectivity index (χ1) is 17.3. The van der Waals surface area contributed by atoms with Gasteiger partial charge >= 0.3 is 0 Å². The molecule has 164 valence electrons. The van der Waals surface area contributed by atoms with Crippen LogP contribution in [0.2, 0.25) is 0 Å². The minimum atomic E-state index is 1.15. The second kappa shape index (κ2) is 8.08. The van der Waals surface area contributed by atoms with E-state index in [1.807, 2.05) is 0 Å². The number of fused-ring (bicyclic) bond motifs is 4. The van der Waals surface area contributed by atoms with Crippen LogP contribution in [0.3, 0.4) is 0 Å². The van der Waals surface area contributed by atoms with Crippen LogP contribution < -0.4 is 0 Å². The van der Waals surface area contributed by atoms with Gasteiger partial charge in [0.25, 0.3) is 0 Å². The van der Waals surface area contributed by atoms with Crippen LogP contribution in [-0.4, -0.2) is 0 Å². The molecule has 0 N–H and O–H groups in total. The van der Waals surface area contributed by atoms with Crippen LogP contribution in [0.4, 0.5) is 0 Å². The molecule has 7 aromatic rings. The van der Waals surface area contributed by atoms with E-state index in [1.54, 1.807) is 0 Å². The van der Waals surface area contributed by atoms with Crippen molar-refractivity contribution in [3.63, 3.8) is 0 Å². The van der Waals surface area contributed by atoms with Gasteiger partial charge in [-0.2, -0.15) is 0 Å². The largest absolute Gasteiger partial charge is 0.0616 e. The summed E-state index contributed by atoms with van der Waals surface area (Å²) < 4.78 is 1.15. The monoisotopic (exact) mass is 508 g/mol. The molecule has 0 heterocycles. The second-order valence-corrected chi connectivity index (χ2v) is 9.91. The van der Waals surface area contributed by atoms with Gasteiger partial charge in [0, 0.05) is 4.47 Å². The second-order valence-electron chi connectivity index (χ2n) is 9.12. The molecule has 0 amide bonds. The molecule has 1 heteroatoms. The van der Waals surface area contributed by atoms with E-state index in [1.165, 1.54) is 65.3 Å². The van der Waals surface area contributed by atoms with Crippen LogP contribution in [-0.2, 0) is 0 Å². The molecule has 0 fully saturated rings. The number of benzene rings is 7. The van der Waals surface area contributed by atoms with Crippen molar-refractivity contribution in [1.29, 1.82) is 0 Å². The van der Waals surface area contributed by atoms with Gasteiger partial charge in [0.2, 0.25) is 0 Å². The molecule has 0 aliphatic rings. The zero-order valence-electron chi connectivity index (χ0n) is 19.0. The Morgan fingerprint density at radius 2 is 0.800 bits per heavy atom. The fourth-order valence-corrected chi connectivity index (χ4v) is 6.02. The van der Waals surface area contributed by atoms with Crippen molar-refractivity contribution < 1.29 is 0 Å². The maximum atomic E-state index is 3.98. The highest BCUT2D eigenvalue weighted by Crippen LogP contribution is 2.41. The molecule has 0 aliphatic carbocycles. The molecule has 7 rings (SSSR count). The van der Waals surface area contributed by atoms with Crippen LogP contribution in [0, 0.1) is 0 Å². The Hall–Kier alpha value is -3.94. The summed E-state index contributed by atoms with van der Waals surface area (Å²) in [7, 11) is 0. The fraction of sp³-hybridized carbons (Fsp3) is 0. The first-order valence-corrected chi connectivity index (χ1v) is 12.7. The lowest BCUT2D eigenvalue weighted by molar-refractivity contribution is 1.66. The van der Waals surface area contributed by atoms with Crippen molar-refractivity contribution in [2.45, 2.75) is 0 Å². The van der Waals surface area contributed by atoms with Gasteiger partial charge < -0.3 is 0 Å². The highest BCUT2D eigenvalue weighted by molar-refractivity contribution is 9.10. The lowest BCUT2D eigenvalue weighted by Gasteiger charge is -2.15. The Morgan fingerprint density at radius 3 is 1.29 bits per heavy atom. The number of halogens is 1. The molecular weight excluding hydrogens is 488 g/mol. The Balaban J connectivity index is 1.52. The highest BCUT2D eigenvalue weighted by atomic mass is 79.9. The van der Waals surface area contributed by atoms with E-state index in [4.69, 9.17) is 0 Å². The predicted octanol–water partition coefficient (Wildman–Crippen LogP) is 10.4. The van der Waals surface area contributed by atoms with E-state index in [0.717, 1.165) is 4.47 Å². The van der Waals surface area contributed by atoms with Crippen molar-refractivity contribution >= 4 is 59.0 Å². The number of hydrogen-bond donors (Lipinski definition) is 0. The van der Waals surface area contributed by atoms with E-state index >= 15 is 0 Å². The van der Waals surface area contributed by atoms with Crippen LogP contribution >= 0.6 is 15.9 Å². The molecule has 0 nitrogen and oxygen atoms in total. The number of hydrogen-bond acceptors (Lipinski definition) is 0. The number of rotatable bonds is 2. The molecule has 0 saturated carbocycles. The lowest BCUT2D eigenvalue weighted by Crippen LogP contribution is -1.88. The van der Waals surface area contributed by atoms with E-state index in [-0.39, 0.29) is 0 Å². The van der Waals surface area contributed by atoms with Gasteiger partial charge in [0.05, 0.1) is 0 Å². The molecule has 35 heavy (non-hydrogen) atoms. The predicted molar refractivity (Wildman–Crippen MR) is 155 cm³/mol. The first-order valence-electron chi connectivity index (χ1n) is 11.9. The topological polar surface area (TPSA) is 0 Å². The summed E-state index contributed by atoms with van der Waals surface area (Å²) in [5.41, 5.74) is 4.99. The average Bonchev–Trinajstić information content (AvgIpc) is 2.92. The summed E-state index contributed by atoms with van der Waals surface area (Å²) >= 11 is 3.98. The molecule has 7 aromatic carbocycles. The van der Waals surface area contributed by atoms with Gasteiger partial charge in [0.1, 0.15) is 0 Å². The normalized spacial score (nSPS) is 11.6. The first kappa shape index (κ1) is 20.4. The van der Waals surface area contributed by atoms with Crippen LogP contribution in [0.25, 0.3) is 65.3 Å². The van der Waals surface area contributed by atoms with Gasteiger partial charge in [-0.15, -0.1) is 0 Å². The van der Waals surface area contributed by atoms with Crippen LogP contribution in [0.1, 0.15) is 0 Å².